The number of hydrogen-bond donors (Lipinski definition) is 1. The second-order valence-electron chi connectivity index (χ2n) is 7.46. The summed E-state index contributed by atoms with van der Waals surface area (Å²) < 4.78 is 66.1. The maximum Gasteiger partial charge on any atom is 0.209 e. The van der Waals surface area contributed by atoms with Gasteiger partial charge >= 0.3 is 0 Å². The lowest BCUT2D eigenvalue weighted by atomic mass is 9.88. The molecule has 9 heteroatoms. The van der Waals surface area contributed by atoms with Crippen molar-refractivity contribution < 1.29 is 26.7 Å². The van der Waals surface area contributed by atoms with Gasteiger partial charge in [-0.3, -0.25) is 4.90 Å². The van der Waals surface area contributed by atoms with Crippen molar-refractivity contribution in [3.05, 3.63) is 29.8 Å². The van der Waals surface area contributed by atoms with Crippen LogP contribution in [0.25, 0.3) is 0 Å². The molecule has 1 spiro atoms. The highest BCUT2D eigenvalue weighted by Gasteiger charge is 2.54. The minimum atomic E-state index is -4.21. The van der Waals surface area contributed by atoms with E-state index in [9.17, 15) is 17.2 Å². The van der Waals surface area contributed by atoms with Crippen LogP contribution >= 0.6 is 0 Å². The van der Waals surface area contributed by atoms with Gasteiger partial charge < -0.3 is 14.8 Å². The first-order chi connectivity index (χ1) is 12.9. The molecule has 2 unspecified atom stereocenters. The normalized spacial score (nSPS) is 29.3. The molecule has 2 atom stereocenters. The monoisotopic (exact) mass is 402 g/mol. The molecule has 0 amide bonds. The van der Waals surface area contributed by atoms with E-state index < -0.39 is 43.4 Å². The van der Waals surface area contributed by atoms with Crippen molar-refractivity contribution in [1.82, 2.24) is 10.2 Å². The summed E-state index contributed by atoms with van der Waals surface area (Å²) in [5.41, 5.74) is -1.76. The standard InChI is InChI=1S/C18H24F2N2O4S/c19-13-1-2-14(20)16(11-13)27(23,24)17-15(22-7-9-25-10-8-22)12-18(26-17)3-5-21-6-4-18/h1-2,11,15,17,21H,3-10,12H2. The van der Waals surface area contributed by atoms with Crippen LogP contribution in [0.3, 0.4) is 0 Å². The van der Waals surface area contributed by atoms with Crippen molar-refractivity contribution in [3.8, 4) is 0 Å². The van der Waals surface area contributed by atoms with Gasteiger partial charge in [0.15, 0.2) is 5.44 Å². The maximum atomic E-state index is 14.3. The fraction of sp³-hybridized carbons (Fsp3) is 0.667. The molecule has 27 heavy (non-hydrogen) atoms. The second-order valence-corrected chi connectivity index (χ2v) is 9.45. The highest BCUT2D eigenvalue weighted by Crippen LogP contribution is 2.43. The van der Waals surface area contributed by atoms with Crippen LogP contribution in [0.4, 0.5) is 8.78 Å². The van der Waals surface area contributed by atoms with E-state index in [4.69, 9.17) is 9.47 Å². The molecule has 3 fully saturated rings. The zero-order chi connectivity index (χ0) is 19.1. The maximum absolute atomic E-state index is 14.3. The highest BCUT2D eigenvalue weighted by atomic mass is 32.2. The van der Waals surface area contributed by atoms with E-state index in [-0.39, 0.29) is 0 Å². The van der Waals surface area contributed by atoms with E-state index >= 15 is 0 Å². The van der Waals surface area contributed by atoms with Crippen molar-refractivity contribution in [2.24, 2.45) is 0 Å². The molecule has 0 saturated carbocycles. The highest BCUT2D eigenvalue weighted by molar-refractivity contribution is 7.92. The van der Waals surface area contributed by atoms with Crippen LogP contribution in [-0.4, -0.2) is 69.8 Å². The summed E-state index contributed by atoms with van der Waals surface area (Å²) in [6.45, 7) is 3.73. The van der Waals surface area contributed by atoms with Crippen molar-refractivity contribution in [2.45, 2.75) is 41.2 Å². The van der Waals surface area contributed by atoms with Gasteiger partial charge in [0.25, 0.3) is 0 Å². The third kappa shape index (κ3) is 3.63. The molecule has 3 heterocycles. The number of sulfone groups is 1. The second kappa shape index (κ2) is 7.36. The van der Waals surface area contributed by atoms with Gasteiger partial charge in [-0.1, -0.05) is 0 Å². The first-order valence-corrected chi connectivity index (χ1v) is 10.9. The van der Waals surface area contributed by atoms with Crippen molar-refractivity contribution >= 4 is 9.84 Å². The molecule has 0 aliphatic carbocycles. The van der Waals surface area contributed by atoms with E-state index in [1.54, 1.807) is 0 Å². The minimum absolute atomic E-state index is 0.403. The zero-order valence-electron chi connectivity index (χ0n) is 15.0. The first kappa shape index (κ1) is 19.2. The van der Waals surface area contributed by atoms with Gasteiger partial charge in [-0.15, -0.1) is 0 Å². The summed E-state index contributed by atoms with van der Waals surface area (Å²) in [6, 6.07) is 2.11. The number of rotatable bonds is 3. The Hall–Kier alpha value is -1.13. The topological polar surface area (TPSA) is 67.9 Å². The summed E-state index contributed by atoms with van der Waals surface area (Å²) in [5, 5.41) is 3.26. The fourth-order valence-electron chi connectivity index (χ4n) is 4.36. The Kier molecular flexibility index (Phi) is 5.24. The molecule has 0 bridgehead atoms. The lowest BCUT2D eigenvalue weighted by Gasteiger charge is -2.35. The molecule has 0 aromatic heterocycles. The number of nitrogens with zero attached hydrogens (tertiary/aromatic N) is 1. The number of piperidine rings is 1. The molecule has 0 radical (unpaired) electrons. The van der Waals surface area contributed by atoms with Crippen LogP contribution in [0.1, 0.15) is 19.3 Å². The zero-order valence-corrected chi connectivity index (χ0v) is 15.8. The minimum Gasteiger partial charge on any atom is -0.379 e. The Morgan fingerprint density at radius 1 is 1.15 bits per heavy atom. The predicted octanol–water partition coefficient (Wildman–Crippen LogP) is 1.31. The Balaban J connectivity index is 1.71. The van der Waals surface area contributed by atoms with Gasteiger partial charge in [0.1, 0.15) is 16.5 Å². The van der Waals surface area contributed by atoms with Crippen LogP contribution < -0.4 is 5.32 Å². The van der Waals surface area contributed by atoms with E-state index in [1.165, 1.54) is 0 Å². The Morgan fingerprint density at radius 3 is 2.56 bits per heavy atom. The molecule has 1 aromatic carbocycles. The third-order valence-corrected chi connectivity index (χ3v) is 7.74. The van der Waals surface area contributed by atoms with Gasteiger partial charge in [-0.25, -0.2) is 17.2 Å². The Labute approximate surface area is 157 Å². The molecule has 1 aromatic rings. The van der Waals surface area contributed by atoms with Gasteiger partial charge in [0, 0.05) is 13.1 Å². The van der Waals surface area contributed by atoms with Gasteiger partial charge in [-0.2, -0.15) is 0 Å². The fourth-order valence-corrected chi connectivity index (χ4v) is 6.24. The molecular weight excluding hydrogens is 378 g/mol. The average Bonchev–Trinajstić information content (AvgIpc) is 3.05. The molecular formula is C18H24F2N2O4S. The molecule has 3 saturated heterocycles. The molecule has 3 aliphatic rings. The SMILES string of the molecule is O=S(=O)(c1cc(F)ccc1F)C1OC2(CCNCC2)CC1N1CCOCC1. The van der Waals surface area contributed by atoms with E-state index in [0.717, 1.165) is 31.3 Å². The third-order valence-electron chi connectivity index (χ3n) is 5.80. The summed E-state index contributed by atoms with van der Waals surface area (Å²) in [4.78, 5) is 1.43. The number of halogens is 2. The Bertz CT molecular complexity index is 793. The summed E-state index contributed by atoms with van der Waals surface area (Å²) in [6.07, 6.45) is 1.96. The number of nitrogens with one attached hydrogen (secondary N) is 1. The number of ether oxygens (including phenoxy) is 2. The molecule has 3 aliphatic heterocycles. The largest absolute Gasteiger partial charge is 0.379 e. The molecule has 6 nitrogen and oxygen atoms in total. The Morgan fingerprint density at radius 2 is 1.85 bits per heavy atom. The van der Waals surface area contributed by atoms with E-state index in [2.05, 4.69) is 10.2 Å². The van der Waals surface area contributed by atoms with E-state index in [1.807, 2.05) is 0 Å². The van der Waals surface area contributed by atoms with Crippen LogP contribution in [-0.2, 0) is 19.3 Å². The quantitative estimate of drug-likeness (QED) is 0.822. The van der Waals surface area contributed by atoms with Crippen LogP contribution in [0.2, 0.25) is 0 Å². The van der Waals surface area contributed by atoms with Crippen molar-refractivity contribution in [2.75, 3.05) is 39.4 Å². The molecule has 4 rings (SSSR count). The summed E-state index contributed by atoms with van der Waals surface area (Å²) in [7, 11) is -4.21. The van der Waals surface area contributed by atoms with Crippen molar-refractivity contribution in [3.63, 3.8) is 0 Å². The van der Waals surface area contributed by atoms with Crippen LogP contribution in [0, 0.1) is 11.6 Å². The van der Waals surface area contributed by atoms with Crippen molar-refractivity contribution in [1.29, 1.82) is 0 Å². The number of hydrogen-bond acceptors (Lipinski definition) is 6. The van der Waals surface area contributed by atoms with Gasteiger partial charge in [0.2, 0.25) is 9.84 Å². The summed E-state index contributed by atoms with van der Waals surface area (Å²) >= 11 is 0. The number of morpholine rings is 1. The average molecular weight is 402 g/mol. The van der Waals surface area contributed by atoms with Crippen LogP contribution in [0.5, 0.6) is 0 Å². The molecule has 1 N–H and O–H groups in total. The van der Waals surface area contributed by atoms with Crippen LogP contribution in [0.15, 0.2) is 23.1 Å². The van der Waals surface area contributed by atoms with E-state index in [0.29, 0.717) is 45.6 Å². The van der Waals surface area contributed by atoms with Gasteiger partial charge in [-0.05, 0) is 50.6 Å². The lowest BCUT2D eigenvalue weighted by molar-refractivity contribution is -0.0388. The molecule has 150 valence electrons. The summed E-state index contributed by atoms with van der Waals surface area (Å²) in [5.74, 6) is -1.74. The first-order valence-electron chi connectivity index (χ1n) is 9.31. The smallest absolute Gasteiger partial charge is 0.209 e. The van der Waals surface area contributed by atoms with Gasteiger partial charge in [0.05, 0.1) is 24.9 Å². The lowest BCUT2D eigenvalue weighted by Crippen LogP contribution is -2.49. The predicted molar refractivity (Wildman–Crippen MR) is 94.0 cm³/mol. The number of benzene rings is 1.